The predicted molar refractivity (Wildman–Crippen MR) is 347 cm³/mol. The maximum atomic E-state index is 13.2. The van der Waals surface area contributed by atoms with Gasteiger partial charge in [0.2, 0.25) is 0 Å². The Morgan fingerprint density at radius 3 is 0.914 bits per heavy atom. The first-order chi connectivity index (χ1) is 40.1. The van der Waals surface area contributed by atoms with E-state index in [2.05, 4.69) is 285 Å². The SMILES string of the molecule is O[PH](c1ccccc1)(c1ccccc1)c1ccc(-n2c3cc(-n4c5ccccc5c5ccccc54)ccc3c3c2c2ccc(-n4c5ccccc5c5ccccc54)cc2n3-c2ccc(P(c3ccccc3)c3ccccc3)cc2)cc1. The van der Waals surface area contributed by atoms with Gasteiger partial charge in [0, 0.05) is 10.8 Å². The van der Waals surface area contributed by atoms with Crippen LogP contribution in [0.5, 0.6) is 0 Å². The molecular formula is C74H52N4OP2. The molecule has 0 fully saturated rings. The fraction of sp³-hybridized carbons (Fsp3) is 0. The Labute approximate surface area is 470 Å². The molecule has 4 aromatic heterocycles. The summed E-state index contributed by atoms with van der Waals surface area (Å²) in [7, 11) is -4.25. The van der Waals surface area contributed by atoms with Crippen LogP contribution >= 0.6 is 15.4 Å². The van der Waals surface area contributed by atoms with Crippen LogP contribution in [0.4, 0.5) is 0 Å². The van der Waals surface area contributed by atoms with E-state index in [9.17, 15) is 4.89 Å². The van der Waals surface area contributed by atoms with E-state index in [0.717, 1.165) is 82.5 Å². The maximum absolute atomic E-state index is 13.2. The monoisotopic (exact) mass is 1070 g/mol. The Morgan fingerprint density at radius 2 is 0.531 bits per heavy atom. The molecule has 4 heterocycles. The third kappa shape index (κ3) is 7.44. The van der Waals surface area contributed by atoms with Gasteiger partial charge in [-0.25, -0.2) is 0 Å². The zero-order valence-corrected chi connectivity index (χ0v) is 45.9. The summed E-state index contributed by atoms with van der Waals surface area (Å²) >= 11 is 0. The van der Waals surface area contributed by atoms with Crippen molar-refractivity contribution in [2.75, 3.05) is 0 Å². The van der Waals surface area contributed by atoms with E-state index in [1.807, 2.05) is 36.4 Å². The van der Waals surface area contributed by atoms with Crippen molar-refractivity contribution in [3.63, 3.8) is 0 Å². The number of rotatable bonds is 10. The van der Waals surface area contributed by atoms with Gasteiger partial charge in [-0.2, -0.15) is 0 Å². The summed E-state index contributed by atoms with van der Waals surface area (Å²) in [6, 6.07) is 110. The molecule has 384 valence electrons. The number of nitrogens with zero attached hydrogens (tertiary/aromatic N) is 4. The van der Waals surface area contributed by atoms with E-state index in [1.54, 1.807) is 0 Å². The number of para-hydroxylation sites is 4. The average molecular weight is 1080 g/mol. The van der Waals surface area contributed by atoms with Crippen LogP contribution in [0.25, 0.3) is 99.2 Å². The quantitative estimate of drug-likeness (QED) is 0.136. The van der Waals surface area contributed by atoms with Gasteiger partial charge >= 0.3 is 322 Å². The Kier molecular flexibility index (Phi) is 11.2. The van der Waals surface area contributed by atoms with E-state index in [4.69, 9.17) is 0 Å². The fourth-order valence-corrected chi connectivity index (χ4v) is 18.3. The Hall–Kier alpha value is -9.60. The predicted octanol–water partition coefficient (Wildman–Crippen LogP) is 15.6. The Balaban J connectivity index is 0.987. The second kappa shape index (κ2) is 19.1. The summed E-state index contributed by atoms with van der Waals surface area (Å²) in [5, 5.41) is 13.9. The number of hydrogen-bond acceptors (Lipinski definition) is 1. The van der Waals surface area contributed by atoms with Crippen molar-refractivity contribution in [1.29, 1.82) is 0 Å². The molecule has 12 aromatic carbocycles. The number of hydrogen-bond donors (Lipinski definition) is 1. The van der Waals surface area contributed by atoms with Crippen molar-refractivity contribution in [2.45, 2.75) is 0 Å². The van der Waals surface area contributed by atoms with E-state index >= 15 is 0 Å². The third-order valence-electron chi connectivity index (χ3n) is 16.6. The van der Waals surface area contributed by atoms with Gasteiger partial charge in [0.1, 0.15) is 0 Å². The second-order valence-electron chi connectivity index (χ2n) is 21.0. The molecule has 5 nitrogen and oxygen atoms in total. The summed E-state index contributed by atoms with van der Waals surface area (Å²) in [5.74, 6) is 0. The first-order valence-corrected chi connectivity index (χ1v) is 30.9. The Bertz CT molecular complexity index is 4850. The van der Waals surface area contributed by atoms with Crippen molar-refractivity contribution in [3.05, 3.63) is 303 Å². The normalized spacial score (nSPS) is 12.3. The minimum absolute atomic E-state index is 0.826. The van der Waals surface area contributed by atoms with Crippen LogP contribution in [0.2, 0.25) is 0 Å². The van der Waals surface area contributed by atoms with Crippen LogP contribution in [0, 0.1) is 0 Å². The van der Waals surface area contributed by atoms with Gasteiger partial charge in [0.05, 0.1) is 0 Å². The van der Waals surface area contributed by atoms with Gasteiger partial charge in [0.15, 0.2) is 0 Å². The second-order valence-corrected chi connectivity index (χ2v) is 26.4. The number of benzene rings is 12. The van der Waals surface area contributed by atoms with Crippen LogP contribution in [0.3, 0.4) is 0 Å². The number of aromatic nitrogens is 4. The van der Waals surface area contributed by atoms with Gasteiger partial charge in [-0.15, -0.1) is 0 Å². The van der Waals surface area contributed by atoms with Crippen molar-refractivity contribution >= 4 is 124 Å². The van der Waals surface area contributed by atoms with E-state index in [0.29, 0.717) is 0 Å². The van der Waals surface area contributed by atoms with E-state index in [-0.39, 0.29) is 0 Å². The van der Waals surface area contributed by atoms with Gasteiger partial charge in [-0.05, 0) is 30.7 Å². The summed E-state index contributed by atoms with van der Waals surface area (Å²) in [6.45, 7) is 0. The van der Waals surface area contributed by atoms with Crippen LogP contribution in [-0.2, 0) is 0 Å². The molecule has 0 saturated carbocycles. The molecule has 0 radical (unpaired) electrons. The van der Waals surface area contributed by atoms with E-state index < -0.39 is 15.4 Å². The first kappa shape index (κ1) is 47.4. The molecule has 16 aromatic rings. The zero-order chi connectivity index (χ0) is 53.6. The van der Waals surface area contributed by atoms with Crippen molar-refractivity contribution in [1.82, 2.24) is 18.3 Å². The molecule has 1 N–H and O–H groups in total. The van der Waals surface area contributed by atoms with Crippen LogP contribution < -0.4 is 31.8 Å². The third-order valence-corrected chi connectivity index (χ3v) is 22.6. The average Bonchev–Trinajstić information content (AvgIpc) is 3.52. The molecule has 0 aliphatic carbocycles. The molecule has 7 heteroatoms. The van der Waals surface area contributed by atoms with Gasteiger partial charge in [-0.1, -0.05) is 109 Å². The summed E-state index contributed by atoms with van der Waals surface area (Å²) in [6.07, 6.45) is 0. The van der Waals surface area contributed by atoms with Gasteiger partial charge in [0.25, 0.3) is 0 Å². The molecule has 0 aliphatic rings. The molecule has 0 amide bonds. The summed E-state index contributed by atoms with van der Waals surface area (Å²) in [5.41, 5.74) is 13.3. The van der Waals surface area contributed by atoms with Crippen molar-refractivity contribution < 1.29 is 4.89 Å². The van der Waals surface area contributed by atoms with Crippen molar-refractivity contribution in [2.24, 2.45) is 0 Å². The van der Waals surface area contributed by atoms with Crippen LogP contribution in [0.15, 0.2) is 303 Å². The molecule has 0 aliphatic heterocycles. The molecule has 16 rings (SSSR count). The van der Waals surface area contributed by atoms with E-state index in [1.165, 1.54) is 48.5 Å². The molecule has 81 heavy (non-hydrogen) atoms. The standard InChI is InChI=1S/C74H52N4OP2/c79-81(58-25-9-3-10-26-58,59-27-11-4-12-28-59)60-45-39-52(40-46-60)78-72-50-54(76-69-35-19-15-31-63(69)64-32-16-20-36-70(64)76)42-48-66(72)73-74(78)65-47-41-53(75-67-33-17-13-29-61(67)62-30-14-18-34-68(62)75)49-71(65)77(73)51-37-43-57(44-38-51)80(55-21-5-1-6-22-55)56-23-7-2-8-24-56/h1-50,79,81H. The van der Waals surface area contributed by atoms with Crippen molar-refractivity contribution in [3.8, 4) is 22.7 Å². The molecule has 0 atom stereocenters. The Morgan fingerprint density at radius 1 is 0.235 bits per heavy atom. The molecule has 0 unspecified atom stereocenters. The van der Waals surface area contributed by atoms with Crippen LogP contribution in [-0.4, -0.2) is 23.2 Å². The summed E-state index contributed by atoms with van der Waals surface area (Å²) in [4.78, 5) is 13.2. The van der Waals surface area contributed by atoms with Crippen LogP contribution in [0.1, 0.15) is 0 Å². The molecular weight excluding hydrogens is 1020 g/mol. The first-order valence-electron chi connectivity index (χ1n) is 27.6. The fourth-order valence-electron chi connectivity index (χ4n) is 13.0. The van der Waals surface area contributed by atoms with Gasteiger partial charge in [-0.3, -0.25) is 0 Å². The minimum atomic E-state index is -3.42. The molecule has 0 spiro atoms. The summed E-state index contributed by atoms with van der Waals surface area (Å²) < 4.78 is 9.84. The zero-order valence-electron chi connectivity index (χ0n) is 44.1. The van der Waals surface area contributed by atoms with Gasteiger partial charge < -0.3 is 0 Å². The molecule has 0 bridgehead atoms. The number of fused-ring (bicyclic) bond motifs is 11. The molecule has 0 saturated heterocycles. The topological polar surface area (TPSA) is 39.9 Å².